The van der Waals surface area contributed by atoms with Gasteiger partial charge in [-0.25, -0.2) is 4.68 Å². The van der Waals surface area contributed by atoms with Gasteiger partial charge in [0.15, 0.2) is 0 Å². The van der Waals surface area contributed by atoms with Crippen LogP contribution in [-0.2, 0) is 27.2 Å². The Bertz CT molecular complexity index is 1330. The van der Waals surface area contributed by atoms with Crippen LogP contribution in [0.1, 0.15) is 54.7 Å². The van der Waals surface area contributed by atoms with Gasteiger partial charge >= 0.3 is 5.97 Å². The molecule has 2 aromatic carbocycles. The van der Waals surface area contributed by atoms with Crippen LogP contribution in [0.5, 0.6) is 0 Å². The van der Waals surface area contributed by atoms with Crippen LogP contribution in [0.4, 0.5) is 0 Å². The maximum Gasteiger partial charge on any atom is 0.325 e. The first-order valence-corrected chi connectivity index (χ1v) is 14.2. The minimum Gasteiger partial charge on any atom is -0.465 e. The number of hydrogen-bond acceptors (Lipinski definition) is 6. The van der Waals surface area contributed by atoms with Gasteiger partial charge < -0.3 is 14.5 Å². The fourth-order valence-corrected chi connectivity index (χ4v) is 5.90. The average Bonchev–Trinajstić information content (AvgIpc) is 3.49. The summed E-state index contributed by atoms with van der Waals surface area (Å²) in [6, 6.07) is 19.3. The largest absolute Gasteiger partial charge is 0.465 e. The Balaban J connectivity index is 1.34. The Morgan fingerprint density at radius 3 is 2.35 bits per heavy atom. The van der Waals surface area contributed by atoms with Crippen molar-refractivity contribution in [3.05, 3.63) is 83.7 Å². The Labute approximate surface area is 235 Å². The number of esters is 1. The van der Waals surface area contributed by atoms with Crippen molar-refractivity contribution in [3.63, 3.8) is 0 Å². The second-order valence-corrected chi connectivity index (χ2v) is 10.4. The van der Waals surface area contributed by atoms with E-state index in [4.69, 9.17) is 4.74 Å². The zero-order chi connectivity index (χ0) is 28.1. The van der Waals surface area contributed by atoms with E-state index in [2.05, 4.69) is 17.3 Å². The third-order valence-corrected chi connectivity index (χ3v) is 7.86. The van der Waals surface area contributed by atoms with E-state index in [0.717, 1.165) is 29.8 Å². The van der Waals surface area contributed by atoms with E-state index < -0.39 is 17.7 Å². The lowest BCUT2D eigenvalue weighted by molar-refractivity contribution is -0.151. The number of aromatic nitrogens is 2. The molecule has 0 saturated carbocycles. The predicted molar refractivity (Wildman–Crippen MR) is 151 cm³/mol. The molecule has 0 bridgehead atoms. The van der Waals surface area contributed by atoms with Crippen LogP contribution in [0.25, 0.3) is 5.69 Å². The molecule has 1 atom stereocenters. The molecule has 0 aliphatic carbocycles. The zero-order valence-corrected chi connectivity index (χ0v) is 23.2. The molecular weight excluding hydrogens is 506 g/mol. The molecule has 1 N–H and O–H groups in total. The predicted octanol–water partition coefficient (Wildman–Crippen LogP) is 3.36. The number of likely N-dealkylation sites (tertiary alicyclic amines) is 1. The number of benzene rings is 2. The number of para-hydroxylation sites is 1. The van der Waals surface area contributed by atoms with E-state index in [1.54, 1.807) is 18.0 Å². The van der Waals surface area contributed by atoms with E-state index in [1.165, 1.54) is 0 Å². The van der Waals surface area contributed by atoms with Crippen molar-refractivity contribution in [1.29, 1.82) is 0 Å². The number of hydrogen-bond donors (Lipinski definition) is 1. The summed E-state index contributed by atoms with van der Waals surface area (Å²) < 4.78 is 7.05. The first-order chi connectivity index (χ1) is 19.5. The summed E-state index contributed by atoms with van der Waals surface area (Å²) in [6.07, 6.45) is 4.86. The Kier molecular flexibility index (Phi) is 8.30. The smallest absolute Gasteiger partial charge is 0.325 e. The third-order valence-electron chi connectivity index (χ3n) is 7.86. The summed E-state index contributed by atoms with van der Waals surface area (Å²) in [5.74, 6) is -0.581. The number of nitrogens with zero attached hydrogens (tertiary/aromatic N) is 4. The quantitative estimate of drug-likeness (QED) is 0.416. The first-order valence-electron chi connectivity index (χ1n) is 14.2. The van der Waals surface area contributed by atoms with Crippen molar-refractivity contribution in [1.82, 2.24) is 24.9 Å². The van der Waals surface area contributed by atoms with E-state index in [-0.39, 0.29) is 25.0 Å². The van der Waals surface area contributed by atoms with Gasteiger partial charge in [-0.2, -0.15) is 5.10 Å². The lowest BCUT2D eigenvalue weighted by Gasteiger charge is -2.44. The highest BCUT2D eigenvalue weighted by Gasteiger charge is 2.52. The van der Waals surface area contributed by atoms with Gasteiger partial charge in [0.05, 0.1) is 41.5 Å². The van der Waals surface area contributed by atoms with Gasteiger partial charge in [0.1, 0.15) is 6.54 Å². The van der Waals surface area contributed by atoms with Crippen LogP contribution in [0, 0.1) is 0 Å². The molecule has 2 aliphatic rings. The van der Waals surface area contributed by atoms with Crippen molar-refractivity contribution in [2.45, 2.75) is 57.7 Å². The van der Waals surface area contributed by atoms with Crippen LogP contribution in [0.2, 0.25) is 0 Å². The second kappa shape index (κ2) is 12.0. The summed E-state index contributed by atoms with van der Waals surface area (Å²) in [5, 5.41) is 8.14. The SMILES string of the molecule is CCCc1c(C(=O)N2CCC3(CC2)NC(Cc2ccccc2)C(=O)N3CC(=O)OCC)cnn1-c1ccccc1. The van der Waals surface area contributed by atoms with Crippen LogP contribution >= 0.6 is 0 Å². The molecule has 9 heteroatoms. The molecule has 2 aliphatic heterocycles. The number of carbonyl (C=O) groups excluding carboxylic acids is 3. The van der Waals surface area contributed by atoms with Gasteiger partial charge in [-0.05, 0) is 37.5 Å². The molecule has 2 amide bonds. The standard InChI is InChI=1S/C31H37N5O4/c1-3-11-27-25(21-32-36(27)24-14-9-6-10-15-24)29(38)34-18-16-31(17-19-34)33-26(20-23-12-7-5-8-13-23)30(39)35(31)22-28(37)40-4-2/h5-10,12-15,21,26,33H,3-4,11,16-20,22H2,1-2H3. The van der Waals surface area contributed by atoms with Gasteiger partial charge in [-0.15, -0.1) is 0 Å². The number of amides is 2. The molecule has 1 unspecified atom stereocenters. The van der Waals surface area contributed by atoms with Gasteiger partial charge in [0.25, 0.3) is 5.91 Å². The average molecular weight is 544 g/mol. The maximum atomic E-state index is 13.8. The van der Waals surface area contributed by atoms with E-state index >= 15 is 0 Å². The number of piperidine rings is 1. The molecule has 3 aromatic rings. The molecule has 3 heterocycles. The summed E-state index contributed by atoms with van der Waals surface area (Å²) in [6.45, 7) is 4.91. The summed E-state index contributed by atoms with van der Waals surface area (Å²) in [5.41, 5.74) is 2.78. The van der Waals surface area contributed by atoms with Crippen molar-refractivity contribution < 1.29 is 19.1 Å². The molecule has 40 heavy (non-hydrogen) atoms. The number of carbonyl (C=O) groups is 3. The van der Waals surface area contributed by atoms with Gasteiger partial charge in [0.2, 0.25) is 5.91 Å². The highest BCUT2D eigenvalue weighted by atomic mass is 16.5. The Morgan fingerprint density at radius 1 is 1.02 bits per heavy atom. The first kappa shape index (κ1) is 27.6. The number of ether oxygens (including phenoxy) is 1. The van der Waals surface area contributed by atoms with Crippen molar-refractivity contribution in [2.24, 2.45) is 0 Å². The molecular formula is C31H37N5O4. The monoisotopic (exact) mass is 543 g/mol. The van der Waals surface area contributed by atoms with Crippen LogP contribution < -0.4 is 5.32 Å². The van der Waals surface area contributed by atoms with Crippen molar-refractivity contribution >= 4 is 17.8 Å². The van der Waals surface area contributed by atoms with Gasteiger partial charge in [0, 0.05) is 25.9 Å². The zero-order valence-electron chi connectivity index (χ0n) is 23.2. The molecule has 1 aromatic heterocycles. The molecule has 2 saturated heterocycles. The summed E-state index contributed by atoms with van der Waals surface area (Å²) >= 11 is 0. The highest BCUT2D eigenvalue weighted by Crippen LogP contribution is 2.34. The minimum atomic E-state index is -0.708. The second-order valence-electron chi connectivity index (χ2n) is 10.4. The van der Waals surface area contributed by atoms with Crippen molar-refractivity contribution in [3.8, 4) is 5.69 Å². The Hall–Kier alpha value is -3.98. The fourth-order valence-electron chi connectivity index (χ4n) is 5.90. The van der Waals surface area contributed by atoms with E-state index in [1.807, 2.05) is 70.2 Å². The molecule has 5 rings (SSSR count). The normalized spacial score (nSPS) is 18.4. The van der Waals surface area contributed by atoms with Gasteiger partial charge in [-0.1, -0.05) is 61.9 Å². The lowest BCUT2D eigenvalue weighted by atomic mass is 9.95. The molecule has 1 spiro atoms. The van der Waals surface area contributed by atoms with Crippen LogP contribution in [0.3, 0.4) is 0 Å². The third kappa shape index (κ3) is 5.51. The summed E-state index contributed by atoms with van der Waals surface area (Å²) in [7, 11) is 0. The maximum absolute atomic E-state index is 13.8. The minimum absolute atomic E-state index is 0.0532. The Morgan fingerprint density at radius 2 is 1.70 bits per heavy atom. The van der Waals surface area contributed by atoms with Crippen molar-refractivity contribution in [2.75, 3.05) is 26.2 Å². The molecule has 0 radical (unpaired) electrons. The molecule has 9 nitrogen and oxygen atoms in total. The summed E-state index contributed by atoms with van der Waals surface area (Å²) in [4.78, 5) is 43.3. The lowest BCUT2D eigenvalue weighted by Crippen LogP contribution is -2.60. The van der Waals surface area contributed by atoms with E-state index in [9.17, 15) is 14.4 Å². The van der Waals surface area contributed by atoms with Gasteiger partial charge in [-0.3, -0.25) is 19.7 Å². The van der Waals surface area contributed by atoms with E-state index in [0.29, 0.717) is 37.9 Å². The fraction of sp³-hybridized carbons (Fsp3) is 0.419. The topological polar surface area (TPSA) is 96.8 Å². The number of rotatable bonds is 9. The van der Waals surface area contributed by atoms with Crippen LogP contribution in [0.15, 0.2) is 66.9 Å². The highest BCUT2D eigenvalue weighted by molar-refractivity contribution is 5.95. The molecule has 2 fully saturated rings. The van der Waals surface area contributed by atoms with Crippen LogP contribution in [-0.4, -0.2) is 75.3 Å². The molecule has 210 valence electrons. The number of nitrogens with one attached hydrogen (secondary N) is 1.